The van der Waals surface area contributed by atoms with Crippen molar-refractivity contribution in [3.63, 3.8) is 0 Å². The van der Waals surface area contributed by atoms with Crippen molar-refractivity contribution in [2.45, 2.75) is 44.3 Å². The highest BCUT2D eigenvalue weighted by molar-refractivity contribution is 9.09. The molecule has 0 aliphatic heterocycles. The van der Waals surface area contributed by atoms with Gasteiger partial charge in [-0.1, -0.05) is 47.3 Å². The minimum Gasteiger partial charge on any atom is -0.369 e. The van der Waals surface area contributed by atoms with Crippen LogP contribution in [0.4, 0.5) is 4.39 Å². The quantitative estimate of drug-likeness (QED) is 0.738. The Morgan fingerprint density at radius 2 is 1.82 bits per heavy atom. The average molecular weight is 301 g/mol. The van der Waals surface area contributed by atoms with E-state index in [1.807, 2.05) is 12.1 Å². The average Bonchev–Trinajstić information content (AvgIpc) is 2.38. The van der Waals surface area contributed by atoms with Crippen LogP contribution in [0.1, 0.15) is 43.8 Å². The van der Waals surface area contributed by atoms with E-state index in [1.54, 1.807) is 0 Å². The molecule has 0 heterocycles. The smallest absolute Gasteiger partial charge is 0.123 e. The Bertz CT molecular complexity index is 333. The van der Waals surface area contributed by atoms with Crippen molar-refractivity contribution < 1.29 is 9.13 Å². The van der Waals surface area contributed by atoms with E-state index in [4.69, 9.17) is 4.74 Å². The third-order valence-corrected chi connectivity index (χ3v) is 3.88. The molecule has 1 aromatic carbocycles. The number of alkyl halides is 1. The molecule has 1 unspecified atom stereocenters. The van der Waals surface area contributed by atoms with Crippen molar-refractivity contribution in [2.24, 2.45) is 0 Å². The van der Waals surface area contributed by atoms with Gasteiger partial charge in [0.05, 0.1) is 12.2 Å². The van der Waals surface area contributed by atoms with Gasteiger partial charge in [0.1, 0.15) is 5.82 Å². The maximum Gasteiger partial charge on any atom is 0.123 e. The number of hydrogen-bond donors (Lipinski definition) is 0. The van der Waals surface area contributed by atoms with Gasteiger partial charge in [0, 0.05) is 5.33 Å². The molecule has 17 heavy (non-hydrogen) atoms. The molecule has 1 nitrogen and oxygen atoms in total. The maximum absolute atomic E-state index is 12.9. The van der Waals surface area contributed by atoms with Gasteiger partial charge in [-0.05, 0) is 30.5 Å². The minimum absolute atomic E-state index is 0.0405. The number of benzene rings is 1. The molecular weight excluding hydrogens is 283 g/mol. The number of halogens is 2. The molecule has 3 heteroatoms. The van der Waals surface area contributed by atoms with E-state index >= 15 is 0 Å². The van der Waals surface area contributed by atoms with Crippen molar-refractivity contribution >= 4 is 15.9 Å². The van der Waals surface area contributed by atoms with Gasteiger partial charge in [0.2, 0.25) is 0 Å². The fourth-order valence-electron chi connectivity index (χ4n) is 2.31. The molecule has 0 spiro atoms. The van der Waals surface area contributed by atoms with Crippen LogP contribution in [-0.4, -0.2) is 11.4 Å². The Balaban J connectivity index is 1.97. The monoisotopic (exact) mass is 300 g/mol. The first kappa shape index (κ1) is 13.0. The molecule has 1 aromatic rings. The van der Waals surface area contributed by atoms with E-state index in [2.05, 4.69) is 15.9 Å². The second-order valence-electron chi connectivity index (χ2n) is 4.59. The summed E-state index contributed by atoms with van der Waals surface area (Å²) in [5.74, 6) is -0.195. The summed E-state index contributed by atoms with van der Waals surface area (Å²) in [4.78, 5) is 0. The largest absolute Gasteiger partial charge is 0.369 e. The first-order chi connectivity index (χ1) is 8.29. The summed E-state index contributed by atoms with van der Waals surface area (Å²) in [5.41, 5.74) is 1.05. The predicted molar refractivity (Wildman–Crippen MR) is 70.9 cm³/mol. The van der Waals surface area contributed by atoms with Crippen LogP contribution >= 0.6 is 15.9 Å². The summed E-state index contributed by atoms with van der Waals surface area (Å²) < 4.78 is 19.0. The van der Waals surface area contributed by atoms with E-state index in [-0.39, 0.29) is 11.9 Å². The first-order valence-corrected chi connectivity index (χ1v) is 7.38. The van der Waals surface area contributed by atoms with Crippen molar-refractivity contribution in [2.75, 3.05) is 5.33 Å². The van der Waals surface area contributed by atoms with E-state index < -0.39 is 0 Å². The van der Waals surface area contributed by atoms with Gasteiger partial charge in [0.15, 0.2) is 0 Å². The summed E-state index contributed by atoms with van der Waals surface area (Å²) in [6.07, 6.45) is 6.59. The lowest BCUT2D eigenvalue weighted by Gasteiger charge is -2.27. The topological polar surface area (TPSA) is 9.23 Å². The summed E-state index contributed by atoms with van der Waals surface area (Å²) in [7, 11) is 0. The molecule has 0 N–H and O–H groups in total. The summed E-state index contributed by atoms with van der Waals surface area (Å²) in [6, 6.07) is 6.61. The Labute approximate surface area is 110 Å². The second kappa shape index (κ2) is 6.50. The lowest BCUT2D eigenvalue weighted by atomic mass is 9.97. The van der Waals surface area contributed by atoms with Gasteiger partial charge >= 0.3 is 0 Å². The van der Waals surface area contributed by atoms with Crippen LogP contribution in [0.5, 0.6) is 0 Å². The third kappa shape index (κ3) is 3.78. The van der Waals surface area contributed by atoms with Gasteiger partial charge in [-0.2, -0.15) is 0 Å². The van der Waals surface area contributed by atoms with Gasteiger partial charge < -0.3 is 4.74 Å². The third-order valence-electron chi connectivity index (χ3n) is 3.29. The van der Waals surface area contributed by atoms with Crippen LogP contribution in [0.15, 0.2) is 24.3 Å². The van der Waals surface area contributed by atoms with E-state index in [0.29, 0.717) is 6.10 Å². The van der Waals surface area contributed by atoms with E-state index in [9.17, 15) is 4.39 Å². The molecule has 94 valence electrons. The lowest BCUT2D eigenvalue weighted by molar-refractivity contribution is -0.0193. The molecule has 2 rings (SSSR count). The highest BCUT2D eigenvalue weighted by Gasteiger charge is 2.19. The molecule has 0 aromatic heterocycles. The molecule has 1 aliphatic carbocycles. The molecule has 1 fully saturated rings. The van der Waals surface area contributed by atoms with Crippen molar-refractivity contribution in [3.8, 4) is 0 Å². The molecule has 1 saturated carbocycles. The van der Waals surface area contributed by atoms with Crippen LogP contribution in [-0.2, 0) is 4.74 Å². The lowest BCUT2D eigenvalue weighted by Crippen LogP contribution is -2.20. The fourth-order valence-corrected chi connectivity index (χ4v) is 2.84. The predicted octanol–water partition coefficient (Wildman–Crippen LogP) is 4.61. The van der Waals surface area contributed by atoms with Crippen LogP contribution in [0, 0.1) is 5.82 Å². The molecular formula is C14H18BrFO. The maximum atomic E-state index is 12.9. The van der Waals surface area contributed by atoms with E-state index in [0.717, 1.165) is 23.7 Å². The highest BCUT2D eigenvalue weighted by Crippen LogP contribution is 2.28. The van der Waals surface area contributed by atoms with Gasteiger partial charge in [-0.15, -0.1) is 0 Å². The Kier molecular flexibility index (Phi) is 4.99. The SMILES string of the molecule is Fc1ccc(C(CBr)OC2CCCCC2)cc1. The molecule has 1 atom stereocenters. The van der Waals surface area contributed by atoms with Gasteiger partial charge in [0.25, 0.3) is 0 Å². The minimum atomic E-state index is -0.195. The van der Waals surface area contributed by atoms with Crippen LogP contribution in [0.25, 0.3) is 0 Å². The normalized spacial score (nSPS) is 19.2. The zero-order chi connectivity index (χ0) is 12.1. The van der Waals surface area contributed by atoms with E-state index in [1.165, 1.54) is 31.4 Å². The molecule has 0 radical (unpaired) electrons. The first-order valence-electron chi connectivity index (χ1n) is 6.26. The second-order valence-corrected chi connectivity index (χ2v) is 5.24. The van der Waals surface area contributed by atoms with Gasteiger partial charge in [-0.25, -0.2) is 4.39 Å². The Hall–Kier alpha value is -0.410. The summed E-state index contributed by atoms with van der Waals surface area (Å²) >= 11 is 3.48. The molecule has 0 saturated heterocycles. The summed E-state index contributed by atoms with van der Waals surface area (Å²) in [6.45, 7) is 0. The molecule has 0 amide bonds. The summed E-state index contributed by atoms with van der Waals surface area (Å²) in [5, 5.41) is 0.759. The highest BCUT2D eigenvalue weighted by atomic mass is 79.9. The Morgan fingerprint density at radius 1 is 1.18 bits per heavy atom. The van der Waals surface area contributed by atoms with Crippen molar-refractivity contribution in [1.82, 2.24) is 0 Å². The number of hydrogen-bond acceptors (Lipinski definition) is 1. The molecule has 0 bridgehead atoms. The fraction of sp³-hybridized carbons (Fsp3) is 0.571. The van der Waals surface area contributed by atoms with Crippen molar-refractivity contribution in [3.05, 3.63) is 35.6 Å². The number of rotatable bonds is 4. The molecule has 1 aliphatic rings. The van der Waals surface area contributed by atoms with Crippen LogP contribution in [0.2, 0.25) is 0 Å². The van der Waals surface area contributed by atoms with Crippen LogP contribution < -0.4 is 0 Å². The van der Waals surface area contributed by atoms with Crippen LogP contribution in [0.3, 0.4) is 0 Å². The Morgan fingerprint density at radius 3 is 2.41 bits per heavy atom. The zero-order valence-electron chi connectivity index (χ0n) is 9.87. The van der Waals surface area contributed by atoms with Crippen molar-refractivity contribution in [1.29, 1.82) is 0 Å². The standard InChI is InChI=1S/C14H18BrFO/c15-10-14(11-6-8-12(16)9-7-11)17-13-4-2-1-3-5-13/h6-9,13-14H,1-5,10H2. The number of ether oxygens (including phenoxy) is 1. The zero-order valence-corrected chi connectivity index (χ0v) is 11.5. The van der Waals surface area contributed by atoms with Gasteiger partial charge in [-0.3, -0.25) is 0 Å².